The maximum absolute atomic E-state index is 4.33. The minimum atomic E-state index is 0.763. The Morgan fingerprint density at radius 2 is 2.07 bits per heavy atom. The lowest BCUT2D eigenvalue weighted by Crippen LogP contribution is -2.07. The molecule has 14 heavy (non-hydrogen) atoms. The summed E-state index contributed by atoms with van der Waals surface area (Å²) in [4.78, 5) is 8.43. The van der Waals surface area contributed by atoms with E-state index in [2.05, 4.69) is 16.6 Å². The van der Waals surface area contributed by atoms with Crippen LogP contribution in [0.2, 0.25) is 0 Å². The molecule has 0 heterocycles. The van der Waals surface area contributed by atoms with Gasteiger partial charge in [0, 0.05) is 12.7 Å². The van der Waals surface area contributed by atoms with E-state index in [4.69, 9.17) is 0 Å². The zero-order valence-electron chi connectivity index (χ0n) is 9.20. The first-order valence-electron chi connectivity index (χ1n) is 4.75. The van der Waals surface area contributed by atoms with Crippen molar-refractivity contribution in [2.45, 2.75) is 20.8 Å². The fourth-order valence-corrected chi connectivity index (χ4v) is 0.919. The van der Waals surface area contributed by atoms with Crippen LogP contribution in [-0.4, -0.2) is 18.0 Å². The molecule has 0 rings (SSSR count). The Morgan fingerprint density at radius 3 is 2.57 bits per heavy atom. The van der Waals surface area contributed by atoms with Crippen molar-refractivity contribution in [3.05, 3.63) is 37.1 Å². The molecular weight excluding hydrogens is 172 g/mol. The van der Waals surface area contributed by atoms with E-state index in [1.165, 1.54) is 6.20 Å². The first-order valence-corrected chi connectivity index (χ1v) is 4.75. The van der Waals surface area contributed by atoms with Gasteiger partial charge in [-0.1, -0.05) is 24.8 Å². The lowest BCUT2D eigenvalue weighted by Gasteiger charge is -1.97. The quantitative estimate of drug-likeness (QED) is 0.470. The second-order valence-electron chi connectivity index (χ2n) is 2.64. The first kappa shape index (κ1) is 12.6. The average Bonchev–Trinajstić information content (AvgIpc) is 2.17. The molecule has 0 amide bonds. The number of hydrogen-bond donors (Lipinski definition) is 0. The number of hydrogen-bond acceptors (Lipinski definition) is 2. The predicted octanol–water partition coefficient (Wildman–Crippen LogP) is 3.18. The van der Waals surface area contributed by atoms with Gasteiger partial charge in [0.2, 0.25) is 0 Å². The third kappa shape index (κ3) is 5.25. The van der Waals surface area contributed by atoms with Gasteiger partial charge >= 0.3 is 0 Å². The normalized spacial score (nSPS) is 14.2. The highest BCUT2D eigenvalue weighted by Gasteiger charge is 1.96. The van der Waals surface area contributed by atoms with Crippen molar-refractivity contribution in [3.8, 4) is 0 Å². The summed E-state index contributed by atoms with van der Waals surface area (Å²) in [7, 11) is 0. The van der Waals surface area contributed by atoms with Gasteiger partial charge < -0.3 is 0 Å². The molecule has 0 aliphatic rings. The Morgan fingerprint density at radius 1 is 1.36 bits per heavy atom. The number of nitrogens with zero attached hydrogens (tertiary/aromatic N) is 2. The summed E-state index contributed by atoms with van der Waals surface area (Å²) in [6.07, 6.45) is 9.37. The molecule has 2 nitrogen and oxygen atoms in total. The van der Waals surface area contributed by atoms with Crippen molar-refractivity contribution in [2.24, 2.45) is 9.98 Å². The van der Waals surface area contributed by atoms with Gasteiger partial charge in [0.05, 0.1) is 11.4 Å². The Hall–Kier alpha value is -1.44. The zero-order valence-corrected chi connectivity index (χ0v) is 9.20. The highest BCUT2D eigenvalue weighted by atomic mass is 14.8. The van der Waals surface area contributed by atoms with Crippen LogP contribution in [0.4, 0.5) is 0 Å². The van der Waals surface area contributed by atoms with Crippen molar-refractivity contribution in [1.29, 1.82) is 0 Å². The number of allylic oxidation sites excluding steroid dienone is 4. The Labute approximate surface area is 86.5 Å². The highest BCUT2D eigenvalue weighted by molar-refractivity contribution is 6.45. The highest BCUT2D eigenvalue weighted by Crippen LogP contribution is 1.91. The SMILES string of the molecule is C=CN=C(C)C(/C=C\C=C/C)=NCC. The van der Waals surface area contributed by atoms with Gasteiger partial charge in [0.25, 0.3) is 0 Å². The van der Waals surface area contributed by atoms with E-state index in [1.54, 1.807) is 0 Å². The summed E-state index contributed by atoms with van der Waals surface area (Å²) in [5.74, 6) is 0. The lowest BCUT2D eigenvalue weighted by molar-refractivity contribution is 1.14. The van der Waals surface area contributed by atoms with Crippen molar-refractivity contribution in [3.63, 3.8) is 0 Å². The van der Waals surface area contributed by atoms with E-state index in [-0.39, 0.29) is 0 Å². The van der Waals surface area contributed by atoms with Gasteiger partial charge in [0.1, 0.15) is 0 Å². The third-order valence-corrected chi connectivity index (χ3v) is 1.54. The van der Waals surface area contributed by atoms with Crippen LogP contribution in [-0.2, 0) is 0 Å². The lowest BCUT2D eigenvalue weighted by atomic mass is 10.2. The monoisotopic (exact) mass is 190 g/mol. The molecule has 0 N–H and O–H groups in total. The molecule has 0 fully saturated rings. The number of rotatable bonds is 5. The molecule has 0 unspecified atom stereocenters. The second kappa shape index (κ2) is 8.17. The molecule has 0 aromatic rings. The molecule has 0 aliphatic carbocycles. The average molecular weight is 190 g/mol. The van der Waals surface area contributed by atoms with Crippen LogP contribution in [0, 0.1) is 0 Å². The maximum Gasteiger partial charge on any atom is 0.0785 e. The second-order valence-corrected chi connectivity index (χ2v) is 2.64. The Balaban J connectivity index is 4.69. The van der Waals surface area contributed by atoms with E-state index >= 15 is 0 Å². The number of aliphatic imine (C=N–C) groups is 2. The molecule has 0 atom stereocenters. The van der Waals surface area contributed by atoms with Gasteiger partial charge in [-0.25, -0.2) is 0 Å². The van der Waals surface area contributed by atoms with E-state index in [9.17, 15) is 0 Å². The summed E-state index contributed by atoms with van der Waals surface area (Å²) in [6, 6.07) is 0. The topological polar surface area (TPSA) is 24.7 Å². The summed E-state index contributed by atoms with van der Waals surface area (Å²) in [5.41, 5.74) is 1.80. The van der Waals surface area contributed by atoms with Gasteiger partial charge in [-0.2, -0.15) is 0 Å². The molecule has 0 bridgehead atoms. The summed E-state index contributed by atoms with van der Waals surface area (Å²) in [6.45, 7) is 10.2. The summed E-state index contributed by atoms with van der Waals surface area (Å²) < 4.78 is 0. The summed E-state index contributed by atoms with van der Waals surface area (Å²) >= 11 is 0. The van der Waals surface area contributed by atoms with Crippen molar-refractivity contribution in [1.82, 2.24) is 0 Å². The van der Waals surface area contributed by atoms with Gasteiger partial charge in [-0.15, -0.1) is 0 Å². The third-order valence-electron chi connectivity index (χ3n) is 1.54. The van der Waals surface area contributed by atoms with Gasteiger partial charge in [-0.05, 0) is 26.8 Å². The molecular formula is C12H18N2. The van der Waals surface area contributed by atoms with E-state index in [1.807, 2.05) is 45.1 Å². The Bertz CT molecular complexity index is 281. The van der Waals surface area contributed by atoms with Gasteiger partial charge in [-0.3, -0.25) is 9.98 Å². The van der Waals surface area contributed by atoms with E-state index in [0.717, 1.165) is 18.0 Å². The van der Waals surface area contributed by atoms with Crippen LogP contribution in [0.1, 0.15) is 20.8 Å². The molecule has 0 aromatic carbocycles. The molecule has 0 saturated carbocycles. The molecule has 0 aliphatic heterocycles. The molecule has 0 radical (unpaired) electrons. The molecule has 0 spiro atoms. The standard InChI is InChI=1S/C12H18N2/c1-5-8-9-10-12(14-7-3)11(4)13-6-2/h5-6,8-10H,2,7H2,1,3-4H3/b8-5-,10-9-,13-11?,14-12?. The van der Waals surface area contributed by atoms with Gasteiger partial charge in [0.15, 0.2) is 0 Å². The Kier molecular flexibility index (Phi) is 7.33. The molecule has 0 aromatic heterocycles. The largest absolute Gasteiger partial charge is 0.284 e. The molecule has 2 heteroatoms. The van der Waals surface area contributed by atoms with Crippen LogP contribution >= 0.6 is 0 Å². The fraction of sp³-hybridized carbons (Fsp3) is 0.333. The van der Waals surface area contributed by atoms with E-state index < -0.39 is 0 Å². The zero-order chi connectivity index (χ0) is 10.8. The van der Waals surface area contributed by atoms with Crippen LogP contribution in [0.15, 0.2) is 47.1 Å². The fourth-order valence-electron chi connectivity index (χ4n) is 0.919. The minimum absolute atomic E-state index is 0.763. The predicted molar refractivity (Wildman–Crippen MR) is 65.2 cm³/mol. The molecule has 0 saturated heterocycles. The van der Waals surface area contributed by atoms with Crippen molar-refractivity contribution < 1.29 is 0 Å². The first-order chi connectivity index (χ1) is 6.76. The smallest absolute Gasteiger partial charge is 0.0785 e. The van der Waals surface area contributed by atoms with Crippen LogP contribution in [0.3, 0.4) is 0 Å². The van der Waals surface area contributed by atoms with Crippen molar-refractivity contribution >= 4 is 11.4 Å². The van der Waals surface area contributed by atoms with E-state index in [0.29, 0.717) is 0 Å². The molecule has 76 valence electrons. The van der Waals surface area contributed by atoms with Crippen LogP contribution < -0.4 is 0 Å². The van der Waals surface area contributed by atoms with Crippen LogP contribution in [0.25, 0.3) is 0 Å². The summed E-state index contributed by atoms with van der Waals surface area (Å²) in [5, 5.41) is 0. The minimum Gasteiger partial charge on any atom is -0.284 e. The van der Waals surface area contributed by atoms with Crippen molar-refractivity contribution in [2.75, 3.05) is 6.54 Å². The van der Waals surface area contributed by atoms with Crippen LogP contribution in [0.5, 0.6) is 0 Å². The maximum atomic E-state index is 4.33.